The van der Waals surface area contributed by atoms with Crippen LogP contribution in [-0.4, -0.2) is 47.8 Å². The predicted octanol–water partition coefficient (Wildman–Crippen LogP) is 5.19. The maximum absolute atomic E-state index is 12.6. The molecule has 0 aliphatic carbocycles. The maximum atomic E-state index is 12.6. The van der Waals surface area contributed by atoms with Crippen LogP contribution in [0.4, 0.5) is 0 Å². The van der Waals surface area contributed by atoms with Gasteiger partial charge >= 0.3 is 0 Å². The van der Waals surface area contributed by atoms with E-state index in [1.807, 2.05) is 12.3 Å². The summed E-state index contributed by atoms with van der Waals surface area (Å²) in [6, 6.07) is 6.31. The third-order valence-corrected chi connectivity index (χ3v) is 12.1. The largest absolute Gasteiger partial charge is 0.366 e. The van der Waals surface area contributed by atoms with Gasteiger partial charge in [-0.1, -0.05) is 12.8 Å². The maximum Gasteiger partial charge on any atom is 0.250 e. The first-order chi connectivity index (χ1) is 16.9. The van der Waals surface area contributed by atoms with Gasteiger partial charge in [0.1, 0.15) is 0 Å². The Morgan fingerprint density at radius 1 is 1.03 bits per heavy atom. The number of likely N-dealkylation sites (tertiary alicyclic amines) is 1. The first kappa shape index (κ1) is 23.3. The van der Waals surface area contributed by atoms with Crippen LogP contribution in [0.5, 0.6) is 0 Å². The molecule has 3 aromatic rings. The summed E-state index contributed by atoms with van der Waals surface area (Å²) in [5, 5.41) is 2.72. The third kappa shape index (κ3) is 4.23. The van der Waals surface area contributed by atoms with E-state index < -0.39 is 15.7 Å². The number of sulfone groups is 1. The standard InChI is InChI=1S/C27H33N3O3S2/c28-27(31)24-13-17(19-9-20(34-16-19)15-30-7-3-1-2-4-8-30)12-23-25(14-29-26(23)24)18-10-21-5-6-22(11-18)35(21,32)33/h9,12-14,16,18,21-22,29H,1-8,10-11,15H2,(H2,28,31). The van der Waals surface area contributed by atoms with E-state index in [1.165, 1.54) is 30.6 Å². The van der Waals surface area contributed by atoms with E-state index in [9.17, 15) is 13.2 Å². The Morgan fingerprint density at radius 3 is 2.43 bits per heavy atom. The van der Waals surface area contributed by atoms with Crippen LogP contribution in [0, 0.1) is 0 Å². The highest BCUT2D eigenvalue weighted by atomic mass is 32.2. The Bertz CT molecular complexity index is 1350. The van der Waals surface area contributed by atoms with Gasteiger partial charge in [0.05, 0.1) is 21.6 Å². The van der Waals surface area contributed by atoms with Crippen LogP contribution < -0.4 is 5.73 Å². The van der Waals surface area contributed by atoms with E-state index >= 15 is 0 Å². The zero-order chi connectivity index (χ0) is 24.2. The Morgan fingerprint density at radius 2 is 1.74 bits per heavy atom. The molecule has 2 aromatic heterocycles. The van der Waals surface area contributed by atoms with Crippen molar-refractivity contribution in [1.29, 1.82) is 0 Å². The number of hydrogen-bond donors (Lipinski definition) is 2. The van der Waals surface area contributed by atoms with E-state index in [1.54, 1.807) is 11.3 Å². The molecule has 0 saturated carbocycles. The first-order valence-corrected chi connectivity index (χ1v) is 15.4. The number of aromatic nitrogens is 1. The normalized spacial score (nSPS) is 26.7. The number of hydrogen-bond acceptors (Lipinski definition) is 5. The molecule has 0 radical (unpaired) electrons. The molecule has 35 heavy (non-hydrogen) atoms. The SMILES string of the molecule is NC(=O)c1cc(-c2csc(CN3CCCCCC3)c2)cc2c(C3CC4CCC(C3)S4(=O)=O)c[nH]c12. The van der Waals surface area contributed by atoms with Gasteiger partial charge in [0, 0.05) is 23.0 Å². The number of primary amides is 1. The number of carbonyl (C=O) groups is 1. The number of fused-ring (bicyclic) bond motifs is 3. The summed E-state index contributed by atoms with van der Waals surface area (Å²) in [6.07, 6.45) is 10.1. The van der Waals surface area contributed by atoms with Crippen LogP contribution in [-0.2, 0) is 16.4 Å². The fraction of sp³-hybridized carbons (Fsp3) is 0.519. The van der Waals surface area contributed by atoms with Gasteiger partial charge in [0.15, 0.2) is 9.84 Å². The minimum absolute atomic E-state index is 0.182. The van der Waals surface area contributed by atoms with Crippen LogP contribution >= 0.6 is 11.3 Å². The number of amides is 1. The van der Waals surface area contributed by atoms with Gasteiger partial charge in [-0.2, -0.15) is 0 Å². The summed E-state index contributed by atoms with van der Waals surface area (Å²) >= 11 is 1.78. The quantitative estimate of drug-likeness (QED) is 0.492. The molecule has 3 N–H and O–H groups in total. The van der Waals surface area contributed by atoms with Gasteiger partial charge in [-0.15, -0.1) is 11.3 Å². The fourth-order valence-electron chi connectivity index (χ4n) is 6.54. The molecule has 2 atom stereocenters. The van der Waals surface area contributed by atoms with Gasteiger partial charge in [-0.05, 0) is 97.8 Å². The molecule has 5 heterocycles. The van der Waals surface area contributed by atoms with Crippen LogP contribution in [0.1, 0.15) is 78.1 Å². The Balaban J connectivity index is 1.34. The van der Waals surface area contributed by atoms with Crippen molar-refractivity contribution in [3.63, 3.8) is 0 Å². The van der Waals surface area contributed by atoms with Crippen molar-refractivity contribution in [2.45, 2.75) is 74.3 Å². The van der Waals surface area contributed by atoms with Crippen molar-refractivity contribution in [2.24, 2.45) is 5.73 Å². The molecule has 1 aromatic carbocycles. The lowest BCUT2D eigenvalue weighted by Crippen LogP contribution is -2.31. The van der Waals surface area contributed by atoms with Crippen molar-refractivity contribution in [2.75, 3.05) is 13.1 Å². The van der Waals surface area contributed by atoms with Crippen LogP contribution in [0.15, 0.2) is 29.8 Å². The Labute approximate surface area is 210 Å². The number of rotatable bonds is 5. The molecule has 3 aliphatic rings. The Hall–Kier alpha value is -2.16. The highest BCUT2D eigenvalue weighted by molar-refractivity contribution is 7.93. The molecule has 6 rings (SSSR count). The molecule has 3 fully saturated rings. The number of carbonyl (C=O) groups excluding carboxylic acids is 1. The summed E-state index contributed by atoms with van der Waals surface area (Å²) in [5.41, 5.74) is 10.3. The van der Waals surface area contributed by atoms with Gasteiger partial charge < -0.3 is 10.7 Å². The van der Waals surface area contributed by atoms with E-state index in [-0.39, 0.29) is 16.4 Å². The average Bonchev–Trinajstić information content (AvgIpc) is 3.39. The second-order valence-corrected chi connectivity index (χ2v) is 14.1. The third-order valence-electron chi connectivity index (χ3n) is 8.43. The molecule has 0 spiro atoms. The van der Waals surface area contributed by atoms with Gasteiger partial charge in [-0.3, -0.25) is 9.69 Å². The van der Waals surface area contributed by atoms with Crippen LogP contribution in [0.25, 0.3) is 22.0 Å². The van der Waals surface area contributed by atoms with Crippen LogP contribution in [0.2, 0.25) is 0 Å². The number of nitrogens with zero attached hydrogens (tertiary/aromatic N) is 1. The summed E-state index contributed by atoms with van der Waals surface area (Å²) < 4.78 is 25.3. The van der Waals surface area contributed by atoms with Crippen molar-refractivity contribution in [1.82, 2.24) is 9.88 Å². The second-order valence-electron chi connectivity index (χ2n) is 10.6. The summed E-state index contributed by atoms with van der Waals surface area (Å²) in [4.78, 5) is 19.6. The van der Waals surface area contributed by atoms with Crippen molar-refractivity contribution >= 4 is 38.0 Å². The zero-order valence-corrected chi connectivity index (χ0v) is 21.6. The van der Waals surface area contributed by atoms with E-state index in [0.29, 0.717) is 18.4 Å². The molecule has 6 nitrogen and oxygen atoms in total. The van der Waals surface area contributed by atoms with Crippen molar-refractivity contribution < 1.29 is 13.2 Å². The second kappa shape index (κ2) is 9.05. The van der Waals surface area contributed by atoms with Crippen LogP contribution in [0.3, 0.4) is 0 Å². The summed E-state index contributed by atoms with van der Waals surface area (Å²) in [6.45, 7) is 3.30. The summed E-state index contributed by atoms with van der Waals surface area (Å²) in [7, 11) is -2.98. The molecule has 3 aliphatic heterocycles. The molecule has 2 bridgehead atoms. The molecule has 186 valence electrons. The van der Waals surface area contributed by atoms with Crippen molar-refractivity contribution in [3.8, 4) is 11.1 Å². The minimum atomic E-state index is -2.98. The fourth-order valence-corrected chi connectivity index (χ4v) is 9.95. The van der Waals surface area contributed by atoms with Crippen molar-refractivity contribution in [3.05, 3.63) is 45.8 Å². The average molecular weight is 512 g/mol. The number of nitrogens with one attached hydrogen (secondary N) is 1. The smallest absolute Gasteiger partial charge is 0.250 e. The molecule has 2 unspecified atom stereocenters. The van der Waals surface area contributed by atoms with Gasteiger partial charge in [0.25, 0.3) is 5.91 Å². The molecule has 1 amide bonds. The summed E-state index contributed by atoms with van der Waals surface area (Å²) in [5.74, 6) is -0.265. The number of nitrogens with two attached hydrogens (primary N) is 1. The molecular weight excluding hydrogens is 478 g/mol. The van der Waals surface area contributed by atoms with E-state index in [0.717, 1.165) is 60.1 Å². The monoisotopic (exact) mass is 511 g/mol. The lowest BCUT2D eigenvalue weighted by atomic mass is 9.89. The highest BCUT2D eigenvalue weighted by Gasteiger charge is 2.47. The lowest BCUT2D eigenvalue weighted by Gasteiger charge is -2.27. The minimum Gasteiger partial charge on any atom is -0.366 e. The Kier molecular flexibility index (Phi) is 6.01. The predicted molar refractivity (Wildman–Crippen MR) is 142 cm³/mol. The number of aromatic amines is 1. The lowest BCUT2D eigenvalue weighted by molar-refractivity contribution is 0.100. The number of H-pyrrole nitrogens is 1. The van der Waals surface area contributed by atoms with Gasteiger partial charge in [0.2, 0.25) is 0 Å². The number of thiophene rings is 1. The van der Waals surface area contributed by atoms with E-state index in [2.05, 4.69) is 27.4 Å². The van der Waals surface area contributed by atoms with E-state index in [4.69, 9.17) is 5.73 Å². The highest BCUT2D eigenvalue weighted by Crippen LogP contribution is 2.47. The topological polar surface area (TPSA) is 96.3 Å². The molecule has 3 saturated heterocycles. The molecular formula is C27H33N3O3S2. The number of benzene rings is 1. The zero-order valence-electron chi connectivity index (χ0n) is 20.0. The molecule has 8 heteroatoms. The van der Waals surface area contributed by atoms with Gasteiger partial charge in [-0.25, -0.2) is 8.42 Å². The first-order valence-electron chi connectivity index (χ1n) is 12.9.